The van der Waals surface area contributed by atoms with Gasteiger partial charge in [-0.2, -0.15) is 0 Å². The van der Waals surface area contributed by atoms with Crippen molar-refractivity contribution in [2.24, 2.45) is 0 Å². The van der Waals surface area contributed by atoms with Crippen LogP contribution in [0.5, 0.6) is 5.75 Å². The highest BCUT2D eigenvalue weighted by molar-refractivity contribution is 6.00. The van der Waals surface area contributed by atoms with E-state index in [0.717, 1.165) is 22.7 Å². The molecule has 0 bridgehead atoms. The van der Waals surface area contributed by atoms with Gasteiger partial charge in [-0.25, -0.2) is 0 Å². The number of carbonyl (C=O) groups is 1. The highest BCUT2D eigenvalue weighted by atomic mass is 16.5. The fourth-order valence-corrected chi connectivity index (χ4v) is 2.39. The van der Waals surface area contributed by atoms with Crippen molar-refractivity contribution in [3.63, 3.8) is 0 Å². The van der Waals surface area contributed by atoms with Crippen LogP contribution in [0.15, 0.2) is 48.5 Å². The minimum Gasteiger partial charge on any atom is -0.497 e. The van der Waals surface area contributed by atoms with Gasteiger partial charge < -0.3 is 15.4 Å². The van der Waals surface area contributed by atoms with Crippen LogP contribution in [0.3, 0.4) is 0 Å². The van der Waals surface area contributed by atoms with Gasteiger partial charge in [-0.1, -0.05) is 30.3 Å². The van der Waals surface area contributed by atoms with Gasteiger partial charge in [0, 0.05) is 12.6 Å². The lowest BCUT2D eigenvalue weighted by molar-refractivity contribution is -0.117. The van der Waals surface area contributed by atoms with Crippen molar-refractivity contribution in [2.45, 2.75) is 5.92 Å². The Morgan fingerprint density at radius 1 is 1.10 bits per heavy atom. The highest BCUT2D eigenvalue weighted by Gasteiger charge is 2.24. The van der Waals surface area contributed by atoms with Gasteiger partial charge in [0.25, 0.3) is 0 Å². The molecule has 0 saturated heterocycles. The van der Waals surface area contributed by atoms with Crippen LogP contribution < -0.4 is 15.4 Å². The standard InChI is InChI=1S/C16H16N2O2/c1-20-12-7-8-14-15(9-12)18-16(19)13(10-17-14)11-5-3-2-4-6-11/h2-9,13,17H,10H2,1H3,(H,18,19). The smallest absolute Gasteiger partial charge is 0.233 e. The summed E-state index contributed by atoms with van der Waals surface area (Å²) in [5.74, 6) is 0.523. The number of nitrogens with one attached hydrogen (secondary N) is 2. The zero-order valence-corrected chi connectivity index (χ0v) is 11.2. The summed E-state index contributed by atoms with van der Waals surface area (Å²) >= 11 is 0. The molecule has 0 aliphatic carbocycles. The summed E-state index contributed by atoms with van der Waals surface area (Å²) in [4.78, 5) is 12.4. The van der Waals surface area contributed by atoms with Crippen LogP contribution in [0.4, 0.5) is 11.4 Å². The maximum atomic E-state index is 12.4. The average Bonchev–Trinajstić information content (AvgIpc) is 2.65. The van der Waals surface area contributed by atoms with Gasteiger partial charge in [0.05, 0.1) is 24.4 Å². The number of amides is 1. The topological polar surface area (TPSA) is 50.4 Å². The van der Waals surface area contributed by atoms with E-state index >= 15 is 0 Å². The first-order valence-corrected chi connectivity index (χ1v) is 6.55. The Balaban J connectivity index is 1.91. The predicted octanol–water partition coefficient (Wildman–Crippen LogP) is 2.84. The van der Waals surface area contributed by atoms with Crippen LogP contribution in [-0.4, -0.2) is 19.6 Å². The molecule has 4 heteroatoms. The number of benzene rings is 2. The van der Waals surface area contributed by atoms with E-state index in [1.165, 1.54) is 0 Å². The van der Waals surface area contributed by atoms with E-state index in [0.29, 0.717) is 6.54 Å². The van der Waals surface area contributed by atoms with Gasteiger partial charge in [0.1, 0.15) is 5.75 Å². The molecule has 1 aliphatic heterocycles. The molecule has 0 spiro atoms. The Kier molecular flexibility index (Phi) is 3.29. The lowest BCUT2D eigenvalue weighted by atomic mass is 9.98. The summed E-state index contributed by atoms with van der Waals surface area (Å²) in [6, 6.07) is 15.4. The van der Waals surface area contributed by atoms with Crippen molar-refractivity contribution in [3.05, 3.63) is 54.1 Å². The molecule has 1 unspecified atom stereocenters. The minimum atomic E-state index is -0.199. The van der Waals surface area contributed by atoms with Gasteiger partial charge in [0.2, 0.25) is 5.91 Å². The summed E-state index contributed by atoms with van der Waals surface area (Å²) in [6.07, 6.45) is 0. The molecule has 20 heavy (non-hydrogen) atoms. The lowest BCUT2D eigenvalue weighted by Crippen LogP contribution is -2.23. The number of methoxy groups -OCH3 is 1. The van der Waals surface area contributed by atoms with E-state index in [9.17, 15) is 4.79 Å². The SMILES string of the molecule is COc1ccc2c(c1)NC(=O)C(c1ccccc1)CN2. The Bertz CT molecular complexity index is 626. The number of anilines is 2. The van der Waals surface area contributed by atoms with Crippen molar-refractivity contribution >= 4 is 17.3 Å². The van der Waals surface area contributed by atoms with Crippen molar-refractivity contribution in [1.29, 1.82) is 0 Å². The summed E-state index contributed by atoms with van der Waals surface area (Å²) < 4.78 is 5.19. The maximum absolute atomic E-state index is 12.4. The Hall–Kier alpha value is -2.49. The number of rotatable bonds is 2. The first-order chi connectivity index (χ1) is 9.78. The van der Waals surface area contributed by atoms with Gasteiger partial charge in [0.15, 0.2) is 0 Å². The zero-order chi connectivity index (χ0) is 13.9. The molecular weight excluding hydrogens is 252 g/mol. The van der Waals surface area contributed by atoms with Gasteiger partial charge >= 0.3 is 0 Å². The number of ether oxygens (including phenoxy) is 1. The quantitative estimate of drug-likeness (QED) is 0.880. The number of carbonyl (C=O) groups excluding carboxylic acids is 1. The largest absolute Gasteiger partial charge is 0.497 e. The normalized spacial score (nSPS) is 17.4. The third-order valence-corrected chi connectivity index (χ3v) is 3.50. The molecule has 0 aromatic heterocycles. The number of hydrogen-bond donors (Lipinski definition) is 2. The number of fused-ring (bicyclic) bond motifs is 1. The van der Waals surface area contributed by atoms with Crippen molar-refractivity contribution < 1.29 is 9.53 Å². The van der Waals surface area contributed by atoms with Gasteiger partial charge in [-0.15, -0.1) is 0 Å². The van der Waals surface area contributed by atoms with E-state index in [1.54, 1.807) is 7.11 Å². The number of hydrogen-bond acceptors (Lipinski definition) is 3. The highest BCUT2D eigenvalue weighted by Crippen LogP contribution is 2.31. The molecular formula is C16H16N2O2. The third-order valence-electron chi connectivity index (χ3n) is 3.50. The van der Waals surface area contributed by atoms with Crippen LogP contribution >= 0.6 is 0 Å². The molecule has 3 rings (SSSR count). The van der Waals surface area contributed by atoms with Crippen LogP contribution in [0.1, 0.15) is 11.5 Å². The molecule has 1 aliphatic rings. The van der Waals surface area contributed by atoms with E-state index in [-0.39, 0.29) is 11.8 Å². The summed E-state index contributed by atoms with van der Waals surface area (Å²) in [6.45, 7) is 0.579. The van der Waals surface area contributed by atoms with Crippen molar-refractivity contribution in [3.8, 4) is 5.75 Å². The minimum absolute atomic E-state index is 0.00398. The molecule has 0 radical (unpaired) electrons. The fraction of sp³-hybridized carbons (Fsp3) is 0.188. The fourth-order valence-electron chi connectivity index (χ4n) is 2.39. The average molecular weight is 268 g/mol. The molecule has 2 N–H and O–H groups in total. The first kappa shape index (κ1) is 12.5. The van der Waals surface area contributed by atoms with E-state index in [2.05, 4.69) is 10.6 Å². The van der Waals surface area contributed by atoms with E-state index < -0.39 is 0 Å². The molecule has 102 valence electrons. The predicted molar refractivity (Wildman–Crippen MR) is 79.3 cm³/mol. The van der Waals surface area contributed by atoms with E-state index in [1.807, 2.05) is 48.5 Å². The zero-order valence-electron chi connectivity index (χ0n) is 11.2. The molecule has 2 aromatic carbocycles. The van der Waals surface area contributed by atoms with Crippen LogP contribution in [0.2, 0.25) is 0 Å². The molecule has 4 nitrogen and oxygen atoms in total. The van der Waals surface area contributed by atoms with Crippen LogP contribution in [0, 0.1) is 0 Å². The Morgan fingerprint density at radius 2 is 1.90 bits per heavy atom. The second kappa shape index (κ2) is 5.25. The second-order valence-electron chi connectivity index (χ2n) is 4.74. The molecule has 2 aromatic rings. The first-order valence-electron chi connectivity index (χ1n) is 6.55. The van der Waals surface area contributed by atoms with Crippen molar-refractivity contribution in [2.75, 3.05) is 24.3 Å². The molecule has 0 saturated carbocycles. The summed E-state index contributed by atoms with van der Waals surface area (Å²) in [5.41, 5.74) is 2.68. The van der Waals surface area contributed by atoms with Gasteiger partial charge in [-0.3, -0.25) is 4.79 Å². The van der Waals surface area contributed by atoms with Crippen LogP contribution in [-0.2, 0) is 4.79 Å². The molecule has 1 amide bonds. The summed E-state index contributed by atoms with van der Waals surface area (Å²) in [5, 5.41) is 6.28. The Labute approximate surface area is 117 Å². The van der Waals surface area contributed by atoms with Crippen molar-refractivity contribution in [1.82, 2.24) is 0 Å². The second-order valence-corrected chi connectivity index (χ2v) is 4.74. The lowest BCUT2D eigenvalue weighted by Gasteiger charge is -2.13. The molecule has 1 atom stereocenters. The summed E-state index contributed by atoms with van der Waals surface area (Å²) in [7, 11) is 1.61. The monoisotopic (exact) mass is 268 g/mol. The van der Waals surface area contributed by atoms with Crippen LogP contribution in [0.25, 0.3) is 0 Å². The maximum Gasteiger partial charge on any atom is 0.233 e. The third kappa shape index (κ3) is 2.32. The molecule has 1 heterocycles. The molecule has 0 fully saturated rings. The van der Waals surface area contributed by atoms with E-state index in [4.69, 9.17) is 4.74 Å². The van der Waals surface area contributed by atoms with Gasteiger partial charge in [-0.05, 0) is 17.7 Å². The Morgan fingerprint density at radius 3 is 2.65 bits per heavy atom.